The van der Waals surface area contributed by atoms with Crippen molar-refractivity contribution in [2.75, 3.05) is 20.1 Å². The van der Waals surface area contributed by atoms with Gasteiger partial charge in [-0.25, -0.2) is 4.79 Å². The number of esters is 1. The Morgan fingerprint density at radius 1 is 1.05 bits per heavy atom. The maximum Gasteiger partial charge on any atom is 0.338 e. The lowest BCUT2D eigenvalue weighted by molar-refractivity contribution is -0.870. The molecule has 0 radical (unpaired) electrons. The van der Waals surface area contributed by atoms with Crippen LogP contribution in [0.3, 0.4) is 0 Å². The molecule has 20 heavy (non-hydrogen) atoms. The second-order valence-electron chi connectivity index (χ2n) is 6.83. The molecule has 2 saturated carbocycles. The first-order valence-corrected chi connectivity index (χ1v) is 7.81. The van der Waals surface area contributed by atoms with Crippen molar-refractivity contribution in [1.29, 1.82) is 0 Å². The molecule has 1 N–H and O–H groups in total. The number of hydrogen-bond donors (Lipinski definition) is 1. The van der Waals surface area contributed by atoms with Crippen LogP contribution in [0.1, 0.15) is 23.2 Å². The summed E-state index contributed by atoms with van der Waals surface area (Å²) in [6.45, 7) is 2.54. The van der Waals surface area contributed by atoms with Gasteiger partial charge in [-0.05, 0) is 25.0 Å². The maximum absolute atomic E-state index is 12.3. The number of hydrogen-bond acceptors (Lipinski definition) is 2. The Hall–Kier alpha value is -1.35. The van der Waals surface area contributed by atoms with E-state index < -0.39 is 0 Å². The fraction of sp³-hybridized carbons (Fsp3) is 0.588. The molecule has 4 rings (SSSR count). The minimum atomic E-state index is -0.131. The van der Waals surface area contributed by atoms with Gasteiger partial charge in [0.1, 0.15) is 6.10 Å². The highest BCUT2D eigenvalue weighted by Crippen LogP contribution is 2.54. The highest BCUT2D eigenvalue weighted by atomic mass is 16.5. The van der Waals surface area contributed by atoms with Crippen LogP contribution in [-0.4, -0.2) is 32.2 Å². The molecule has 3 nitrogen and oxygen atoms in total. The van der Waals surface area contributed by atoms with E-state index in [4.69, 9.17) is 4.74 Å². The molecule has 1 saturated heterocycles. The van der Waals surface area contributed by atoms with E-state index in [-0.39, 0.29) is 12.1 Å². The van der Waals surface area contributed by atoms with Crippen molar-refractivity contribution in [2.45, 2.75) is 18.9 Å². The zero-order valence-corrected chi connectivity index (χ0v) is 11.9. The Labute approximate surface area is 119 Å². The van der Waals surface area contributed by atoms with Gasteiger partial charge < -0.3 is 9.64 Å². The van der Waals surface area contributed by atoms with E-state index in [2.05, 4.69) is 7.05 Å². The molecule has 6 atom stereocenters. The van der Waals surface area contributed by atoms with Crippen molar-refractivity contribution in [3.8, 4) is 0 Å². The molecule has 1 heterocycles. The Kier molecular flexibility index (Phi) is 2.84. The first-order valence-electron chi connectivity index (χ1n) is 7.81. The molecule has 3 aliphatic rings. The molecule has 2 unspecified atom stereocenters. The summed E-state index contributed by atoms with van der Waals surface area (Å²) in [5, 5.41) is 0. The minimum Gasteiger partial charge on any atom is -0.458 e. The Bertz CT molecular complexity index is 495. The number of benzene rings is 1. The highest BCUT2D eigenvalue weighted by molar-refractivity contribution is 5.89. The van der Waals surface area contributed by atoms with E-state index >= 15 is 0 Å². The van der Waals surface area contributed by atoms with E-state index in [0.29, 0.717) is 17.4 Å². The maximum atomic E-state index is 12.3. The van der Waals surface area contributed by atoms with E-state index in [9.17, 15) is 4.79 Å². The molecule has 1 aromatic carbocycles. The van der Waals surface area contributed by atoms with Crippen LogP contribution in [0.5, 0.6) is 0 Å². The lowest BCUT2D eigenvalue weighted by Crippen LogP contribution is -3.07. The zero-order valence-electron chi connectivity index (χ0n) is 11.9. The monoisotopic (exact) mass is 272 g/mol. The Morgan fingerprint density at radius 3 is 2.25 bits per heavy atom. The normalized spacial score (nSPS) is 41.6. The molecular formula is C17H22NO2+. The minimum absolute atomic E-state index is 0.131. The first-order chi connectivity index (χ1) is 9.74. The van der Waals surface area contributed by atoms with E-state index in [1.165, 1.54) is 25.9 Å². The fourth-order valence-electron chi connectivity index (χ4n) is 5.02. The number of likely N-dealkylation sites (tertiary alicyclic amines) is 1. The van der Waals surface area contributed by atoms with Crippen LogP contribution in [-0.2, 0) is 4.74 Å². The van der Waals surface area contributed by atoms with Crippen molar-refractivity contribution in [3.63, 3.8) is 0 Å². The number of rotatable bonds is 2. The molecule has 0 spiro atoms. The van der Waals surface area contributed by atoms with Gasteiger partial charge in [-0.2, -0.15) is 0 Å². The van der Waals surface area contributed by atoms with Gasteiger partial charge in [-0.15, -0.1) is 0 Å². The highest BCUT2D eigenvalue weighted by Gasteiger charge is 2.60. The molecule has 1 aromatic rings. The molecule has 106 valence electrons. The first kappa shape index (κ1) is 12.4. The van der Waals surface area contributed by atoms with Crippen molar-refractivity contribution in [3.05, 3.63) is 35.9 Å². The number of carbonyl (C=O) groups is 1. The summed E-state index contributed by atoms with van der Waals surface area (Å²) in [4.78, 5) is 13.9. The van der Waals surface area contributed by atoms with Crippen LogP contribution in [0.2, 0.25) is 0 Å². The Morgan fingerprint density at radius 2 is 1.65 bits per heavy atom. The molecular weight excluding hydrogens is 250 g/mol. The third-order valence-corrected chi connectivity index (χ3v) is 5.75. The van der Waals surface area contributed by atoms with Gasteiger partial charge >= 0.3 is 5.97 Å². The van der Waals surface area contributed by atoms with Crippen LogP contribution >= 0.6 is 0 Å². The average Bonchev–Trinajstić information content (AvgIpc) is 3.10. The average molecular weight is 272 g/mol. The summed E-state index contributed by atoms with van der Waals surface area (Å²) in [5.74, 6) is 2.70. The molecule has 3 fully saturated rings. The van der Waals surface area contributed by atoms with Crippen molar-refractivity contribution < 1.29 is 14.4 Å². The summed E-state index contributed by atoms with van der Waals surface area (Å²) < 4.78 is 5.91. The summed E-state index contributed by atoms with van der Waals surface area (Å²) in [6, 6.07) is 9.41. The van der Waals surface area contributed by atoms with Crippen molar-refractivity contribution >= 4 is 5.97 Å². The third kappa shape index (κ3) is 1.80. The number of quaternary nitrogens is 1. The SMILES string of the molecule is C[NH+]1C[C@@H]2[C@@H](C1)[C@H]1CC[C@@H]2C1OC(=O)c1ccccc1. The van der Waals surface area contributed by atoms with Gasteiger partial charge in [0, 0.05) is 23.7 Å². The van der Waals surface area contributed by atoms with Crippen LogP contribution in [0, 0.1) is 23.7 Å². The summed E-state index contributed by atoms with van der Waals surface area (Å²) in [7, 11) is 2.29. The smallest absolute Gasteiger partial charge is 0.338 e. The van der Waals surface area contributed by atoms with Crippen molar-refractivity contribution in [1.82, 2.24) is 0 Å². The lowest BCUT2D eigenvalue weighted by Gasteiger charge is -2.20. The van der Waals surface area contributed by atoms with Crippen LogP contribution < -0.4 is 4.90 Å². The van der Waals surface area contributed by atoms with Gasteiger partial charge in [-0.3, -0.25) is 0 Å². The molecule has 2 aliphatic carbocycles. The van der Waals surface area contributed by atoms with Gasteiger partial charge in [0.05, 0.1) is 25.7 Å². The predicted molar refractivity (Wildman–Crippen MR) is 75.5 cm³/mol. The number of carbonyl (C=O) groups excluding carboxylic acids is 1. The topological polar surface area (TPSA) is 30.7 Å². The molecule has 2 bridgehead atoms. The van der Waals surface area contributed by atoms with Gasteiger partial charge in [0.15, 0.2) is 0 Å². The van der Waals surface area contributed by atoms with Crippen LogP contribution in [0.25, 0.3) is 0 Å². The van der Waals surface area contributed by atoms with Crippen LogP contribution in [0.4, 0.5) is 0 Å². The molecule has 3 heteroatoms. The van der Waals surface area contributed by atoms with E-state index in [1.54, 1.807) is 4.90 Å². The number of ether oxygens (including phenoxy) is 1. The summed E-state index contributed by atoms with van der Waals surface area (Å²) in [5.41, 5.74) is 0.687. The molecule has 0 amide bonds. The third-order valence-electron chi connectivity index (χ3n) is 5.75. The standard InChI is InChI=1S/C17H21NO2/c1-18-9-14-12-7-8-13(15(14)10-18)16(12)20-17(19)11-5-3-2-4-6-11/h2-6,12-16H,7-10H2,1H3/p+1/t12-,13+,14-,15-,16?/m0/s1. The summed E-state index contributed by atoms with van der Waals surface area (Å²) >= 11 is 0. The number of fused-ring (bicyclic) bond motifs is 5. The number of nitrogens with one attached hydrogen (secondary N) is 1. The predicted octanol–water partition coefficient (Wildman–Crippen LogP) is 1.01. The van der Waals surface area contributed by atoms with Crippen molar-refractivity contribution in [2.24, 2.45) is 23.7 Å². The lowest BCUT2D eigenvalue weighted by atomic mass is 9.82. The van der Waals surface area contributed by atoms with Gasteiger partial charge in [0.2, 0.25) is 0 Å². The summed E-state index contributed by atoms with van der Waals surface area (Å²) in [6.07, 6.45) is 2.70. The van der Waals surface area contributed by atoms with Crippen LogP contribution in [0.15, 0.2) is 30.3 Å². The second kappa shape index (κ2) is 4.59. The second-order valence-corrected chi connectivity index (χ2v) is 6.83. The Balaban J connectivity index is 1.50. The molecule has 0 aromatic heterocycles. The van der Waals surface area contributed by atoms with Gasteiger partial charge in [0.25, 0.3) is 0 Å². The van der Waals surface area contributed by atoms with E-state index in [0.717, 1.165) is 11.8 Å². The quantitative estimate of drug-likeness (QED) is 0.815. The molecule has 1 aliphatic heterocycles. The van der Waals surface area contributed by atoms with Gasteiger partial charge in [-0.1, -0.05) is 18.2 Å². The zero-order chi connectivity index (χ0) is 13.7. The fourth-order valence-corrected chi connectivity index (χ4v) is 5.02. The van der Waals surface area contributed by atoms with E-state index in [1.807, 2.05) is 30.3 Å². The largest absolute Gasteiger partial charge is 0.458 e.